The Morgan fingerprint density at radius 3 is 2.54 bits per heavy atom. The lowest BCUT2D eigenvalue weighted by Crippen LogP contribution is -2.17. The van der Waals surface area contributed by atoms with E-state index in [4.69, 9.17) is 16.0 Å². The lowest BCUT2D eigenvalue weighted by molar-refractivity contribution is -0.274. The minimum Gasteiger partial charge on any atom is -0.411 e. The van der Waals surface area contributed by atoms with E-state index < -0.39 is 12.3 Å². The van der Waals surface area contributed by atoms with Crippen LogP contribution >= 0.6 is 23.4 Å². The topological polar surface area (TPSA) is 77.2 Å². The Kier molecular flexibility index (Phi) is 6.10. The first-order valence-electron chi connectivity index (χ1n) is 7.67. The van der Waals surface area contributed by atoms with Crippen LogP contribution in [0.3, 0.4) is 0 Å². The van der Waals surface area contributed by atoms with Crippen molar-refractivity contribution in [3.8, 4) is 17.2 Å². The number of nitrogens with zero attached hydrogens (tertiary/aromatic N) is 2. The minimum atomic E-state index is -4.77. The molecule has 0 radical (unpaired) electrons. The smallest absolute Gasteiger partial charge is 0.411 e. The third-order valence-electron chi connectivity index (χ3n) is 3.21. The second kappa shape index (κ2) is 8.53. The Bertz CT molecular complexity index is 964. The van der Waals surface area contributed by atoms with Crippen LogP contribution in [0.5, 0.6) is 5.75 Å². The summed E-state index contributed by atoms with van der Waals surface area (Å²) >= 11 is 7.07. The van der Waals surface area contributed by atoms with Crippen LogP contribution in [0, 0.1) is 0 Å². The lowest BCUT2D eigenvalue weighted by Gasteiger charge is -2.09. The van der Waals surface area contributed by atoms with Crippen LogP contribution in [0.4, 0.5) is 18.9 Å². The van der Waals surface area contributed by atoms with Gasteiger partial charge < -0.3 is 14.5 Å². The SMILES string of the molecule is O=C(CSc1nnc(-c2ccccc2Cl)o1)Nc1ccc(OC(F)(F)F)cc1. The van der Waals surface area contributed by atoms with E-state index in [1.54, 1.807) is 24.3 Å². The van der Waals surface area contributed by atoms with E-state index in [1.807, 2.05) is 0 Å². The first kappa shape index (κ1) is 20.0. The predicted octanol–water partition coefficient (Wildman–Crippen LogP) is 5.02. The standard InChI is InChI=1S/C17H11ClF3N3O3S/c18-13-4-2-1-3-12(13)15-23-24-16(26-15)28-9-14(25)22-10-5-7-11(8-6-10)27-17(19,20)21/h1-8H,9H2,(H,22,25). The average Bonchev–Trinajstić information content (AvgIpc) is 3.10. The van der Waals surface area contributed by atoms with Gasteiger partial charge in [0.05, 0.1) is 16.3 Å². The van der Waals surface area contributed by atoms with E-state index in [9.17, 15) is 18.0 Å². The Morgan fingerprint density at radius 1 is 1.14 bits per heavy atom. The summed E-state index contributed by atoms with van der Waals surface area (Å²) in [6, 6.07) is 11.8. The predicted molar refractivity (Wildman–Crippen MR) is 97.2 cm³/mol. The second-order valence-electron chi connectivity index (χ2n) is 5.26. The van der Waals surface area contributed by atoms with E-state index in [0.29, 0.717) is 16.3 Å². The van der Waals surface area contributed by atoms with Gasteiger partial charge in [0.1, 0.15) is 5.75 Å². The zero-order valence-corrected chi connectivity index (χ0v) is 15.4. The van der Waals surface area contributed by atoms with Crippen LogP contribution in [-0.2, 0) is 4.79 Å². The molecule has 0 atom stereocenters. The average molecular weight is 430 g/mol. The fourth-order valence-electron chi connectivity index (χ4n) is 2.08. The number of benzene rings is 2. The minimum absolute atomic E-state index is 0.0367. The molecule has 28 heavy (non-hydrogen) atoms. The van der Waals surface area contributed by atoms with Crippen LogP contribution < -0.4 is 10.1 Å². The van der Waals surface area contributed by atoms with E-state index >= 15 is 0 Å². The third-order valence-corrected chi connectivity index (χ3v) is 4.36. The van der Waals surface area contributed by atoms with Gasteiger partial charge in [-0.1, -0.05) is 35.5 Å². The van der Waals surface area contributed by atoms with E-state index in [0.717, 1.165) is 23.9 Å². The summed E-state index contributed by atoms with van der Waals surface area (Å²) in [5, 5.41) is 10.9. The maximum atomic E-state index is 12.1. The van der Waals surface area contributed by atoms with Gasteiger partial charge in [0.15, 0.2) is 0 Å². The molecule has 0 saturated carbocycles. The molecule has 0 aliphatic heterocycles. The normalized spacial score (nSPS) is 11.3. The van der Waals surface area contributed by atoms with Crippen molar-refractivity contribution in [1.82, 2.24) is 10.2 Å². The lowest BCUT2D eigenvalue weighted by atomic mass is 10.2. The molecule has 0 unspecified atom stereocenters. The fourth-order valence-corrected chi connectivity index (χ4v) is 2.86. The van der Waals surface area contributed by atoms with Crippen molar-refractivity contribution in [3.05, 3.63) is 53.6 Å². The highest BCUT2D eigenvalue weighted by molar-refractivity contribution is 7.99. The molecule has 1 amide bonds. The summed E-state index contributed by atoms with van der Waals surface area (Å²) in [5.41, 5.74) is 0.900. The van der Waals surface area contributed by atoms with Crippen LogP contribution in [0.1, 0.15) is 0 Å². The summed E-state index contributed by atoms with van der Waals surface area (Å²) in [6.07, 6.45) is -4.77. The van der Waals surface area contributed by atoms with Gasteiger partial charge in [-0.25, -0.2) is 0 Å². The van der Waals surface area contributed by atoms with Crippen LogP contribution in [0.2, 0.25) is 5.02 Å². The van der Waals surface area contributed by atoms with Gasteiger partial charge in [0, 0.05) is 5.69 Å². The summed E-state index contributed by atoms with van der Waals surface area (Å²) in [7, 11) is 0. The quantitative estimate of drug-likeness (QED) is 0.554. The molecule has 3 rings (SSSR count). The number of thioether (sulfide) groups is 1. The number of alkyl halides is 3. The summed E-state index contributed by atoms with van der Waals surface area (Å²) in [5.74, 6) is -0.580. The molecule has 1 aromatic heterocycles. The van der Waals surface area contributed by atoms with Gasteiger partial charge in [-0.05, 0) is 36.4 Å². The van der Waals surface area contributed by atoms with Crippen LogP contribution in [0.25, 0.3) is 11.5 Å². The van der Waals surface area contributed by atoms with Gasteiger partial charge in [0.25, 0.3) is 5.22 Å². The number of ether oxygens (including phenoxy) is 1. The molecule has 146 valence electrons. The molecule has 0 saturated heterocycles. The van der Waals surface area contributed by atoms with Crippen molar-refractivity contribution >= 4 is 35.0 Å². The highest BCUT2D eigenvalue weighted by Crippen LogP contribution is 2.29. The zero-order chi connectivity index (χ0) is 20.1. The Balaban J connectivity index is 1.53. The van der Waals surface area contributed by atoms with Gasteiger partial charge in [-0.3, -0.25) is 4.79 Å². The molecule has 2 aromatic carbocycles. The van der Waals surface area contributed by atoms with Crippen molar-refractivity contribution in [2.45, 2.75) is 11.6 Å². The highest BCUT2D eigenvalue weighted by atomic mass is 35.5. The number of nitrogens with one attached hydrogen (secondary N) is 1. The first-order valence-corrected chi connectivity index (χ1v) is 9.03. The third kappa shape index (κ3) is 5.64. The Hall–Kier alpha value is -2.72. The maximum Gasteiger partial charge on any atom is 0.573 e. The van der Waals surface area contributed by atoms with E-state index in [1.165, 1.54) is 12.1 Å². The molecular formula is C17H11ClF3N3O3S. The maximum absolute atomic E-state index is 12.1. The number of halogens is 4. The largest absolute Gasteiger partial charge is 0.573 e. The number of hydrogen-bond acceptors (Lipinski definition) is 6. The van der Waals surface area contributed by atoms with E-state index in [-0.39, 0.29) is 22.6 Å². The van der Waals surface area contributed by atoms with Crippen molar-refractivity contribution < 1.29 is 27.1 Å². The summed E-state index contributed by atoms with van der Waals surface area (Å²) in [4.78, 5) is 12.0. The number of carbonyl (C=O) groups is 1. The molecule has 3 aromatic rings. The van der Waals surface area contributed by atoms with Crippen molar-refractivity contribution in [2.24, 2.45) is 0 Å². The molecule has 1 N–H and O–H groups in total. The van der Waals surface area contributed by atoms with Crippen LogP contribution in [0.15, 0.2) is 58.2 Å². The number of anilines is 1. The van der Waals surface area contributed by atoms with Gasteiger partial charge in [-0.15, -0.1) is 23.4 Å². The molecule has 0 spiro atoms. The van der Waals surface area contributed by atoms with Gasteiger partial charge in [0.2, 0.25) is 11.8 Å². The number of amides is 1. The van der Waals surface area contributed by atoms with Gasteiger partial charge in [-0.2, -0.15) is 0 Å². The molecule has 0 aliphatic rings. The Labute approximate surface area is 166 Å². The summed E-state index contributed by atoms with van der Waals surface area (Å²) < 4.78 is 45.6. The number of aromatic nitrogens is 2. The van der Waals surface area contributed by atoms with Crippen molar-refractivity contribution in [1.29, 1.82) is 0 Å². The number of hydrogen-bond donors (Lipinski definition) is 1. The Morgan fingerprint density at radius 2 is 1.86 bits per heavy atom. The van der Waals surface area contributed by atoms with Crippen molar-refractivity contribution in [3.63, 3.8) is 0 Å². The van der Waals surface area contributed by atoms with Crippen LogP contribution in [-0.4, -0.2) is 28.2 Å². The fraction of sp³-hybridized carbons (Fsp3) is 0.118. The number of carbonyl (C=O) groups excluding carboxylic acids is 1. The first-order chi connectivity index (χ1) is 13.3. The molecule has 0 aliphatic carbocycles. The number of rotatable bonds is 6. The molecule has 6 nitrogen and oxygen atoms in total. The van der Waals surface area contributed by atoms with Crippen molar-refractivity contribution in [2.75, 3.05) is 11.1 Å². The van der Waals surface area contributed by atoms with E-state index in [2.05, 4.69) is 20.3 Å². The zero-order valence-electron chi connectivity index (χ0n) is 13.9. The molecule has 1 heterocycles. The molecule has 0 fully saturated rings. The second-order valence-corrected chi connectivity index (χ2v) is 6.60. The monoisotopic (exact) mass is 429 g/mol. The van der Waals surface area contributed by atoms with Gasteiger partial charge >= 0.3 is 6.36 Å². The molecular weight excluding hydrogens is 419 g/mol. The molecule has 0 bridgehead atoms. The highest BCUT2D eigenvalue weighted by Gasteiger charge is 2.30. The summed E-state index contributed by atoms with van der Waals surface area (Å²) in [6.45, 7) is 0. The molecule has 11 heteroatoms.